The molecule has 0 radical (unpaired) electrons. The zero-order valence-electron chi connectivity index (χ0n) is 12.2. The molecule has 2 heterocycles. The van der Waals surface area contributed by atoms with Gasteiger partial charge >= 0.3 is 6.09 Å². The third kappa shape index (κ3) is 3.76. The maximum Gasteiger partial charge on any atom is 0.412 e. The number of hydrogen-bond acceptors (Lipinski definition) is 5. The topological polar surface area (TPSA) is 69.7 Å². The molecule has 0 fully saturated rings. The van der Waals surface area contributed by atoms with Gasteiger partial charge in [0.1, 0.15) is 5.60 Å². The molecule has 1 amide bonds. The molecule has 1 aromatic rings. The third-order valence-corrected chi connectivity index (χ3v) is 2.59. The van der Waals surface area contributed by atoms with Crippen molar-refractivity contribution in [3.05, 3.63) is 12.3 Å². The summed E-state index contributed by atoms with van der Waals surface area (Å²) in [5, 5.41) is 2.67. The quantitative estimate of drug-likeness (QED) is 0.856. The molecular weight excluding hydrogens is 260 g/mol. The first kappa shape index (κ1) is 14.4. The molecule has 2 rings (SSSR count). The van der Waals surface area contributed by atoms with Crippen LogP contribution in [-0.2, 0) is 4.74 Å². The van der Waals surface area contributed by atoms with Crippen molar-refractivity contribution in [2.75, 3.05) is 11.9 Å². The van der Waals surface area contributed by atoms with Crippen molar-refractivity contribution in [1.82, 2.24) is 4.98 Å². The maximum atomic E-state index is 11.8. The maximum absolute atomic E-state index is 11.8. The molecule has 20 heavy (non-hydrogen) atoms. The van der Waals surface area contributed by atoms with Crippen molar-refractivity contribution in [2.24, 2.45) is 0 Å². The molecule has 1 atom stereocenters. The van der Waals surface area contributed by atoms with Gasteiger partial charge in [0.05, 0.1) is 18.4 Å². The second-order valence-corrected chi connectivity index (χ2v) is 5.69. The lowest BCUT2D eigenvalue weighted by molar-refractivity contribution is 0.0635. The number of aromatic nitrogens is 1. The zero-order valence-corrected chi connectivity index (χ0v) is 12.2. The van der Waals surface area contributed by atoms with Gasteiger partial charge in [0.15, 0.2) is 0 Å². The van der Waals surface area contributed by atoms with Gasteiger partial charge in [-0.25, -0.2) is 9.78 Å². The normalized spacial score (nSPS) is 18.1. The van der Waals surface area contributed by atoms with Crippen LogP contribution in [0.1, 0.15) is 34.1 Å². The first-order chi connectivity index (χ1) is 9.35. The summed E-state index contributed by atoms with van der Waals surface area (Å²) in [6.07, 6.45) is 1.79. The third-order valence-electron chi connectivity index (χ3n) is 2.59. The molecular formula is C14H20N2O4. The van der Waals surface area contributed by atoms with Gasteiger partial charge in [-0.15, -0.1) is 0 Å². The van der Waals surface area contributed by atoms with Crippen LogP contribution in [0.4, 0.5) is 10.5 Å². The van der Waals surface area contributed by atoms with Gasteiger partial charge in [0.25, 0.3) is 5.88 Å². The Hall–Kier alpha value is -1.98. The lowest BCUT2D eigenvalue weighted by atomic mass is 10.2. The molecule has 0 saturated heterocycles. The van der Waals surface area contributed by atoms with Crippen molar-refractivity contribution in [1.29, 1.82) is 0 Å². The molecule has 1 aliphatic rings. The molecule has 0 aliphatic carbocycles. The van der Waals surface area contributed by atoms with E-state index in [0.29, 0.717) is 23.9 Å². The number of ether oxygens (including phenoxy) is 3. The number of rotatable bonds is 1. The first-order valence-corrected chi connectivity index (χ1v) is 6.63. The van der Waals surface area contributed by atoms with Crippen LogP contribution >= 0.6 is 0 Å². The molecule has 110 valence electrons. The molecule has 6 heteroatoms. The van der Waals surface area contributed by atoms with E-state index in [1.807, 2.05) is 6.92 Å². The summed E-state index contributed by atoms with van der Waals surface area (Å²) in [5.41, 5.74) is -0.0587. The minimum atomic E-state index is -0.557. The zero-order chi connectivity index (χ0) is 14.8. The highest BCUT2D eigenvalue weighted by Gasteiger charge is 2.23. The van der Waals surface area contributed by atoms with Crippen molar-refractivity contribution < 1.29 is 19.0 Å². The summed E-state index contributed by atoms with van der Waals surface area (Å²) in [6, 6.07) is 1.66. The Morgan fingerprint density at radius 3 is 2.95 bits per heavy atom. The molecule has 0 aromatic carbocycles. The van der Waals surface area contributed by atoms with E-state index < -0.39 is 11.7 Å². The predicted molar refractivity (Wildman–Crippen MR) is 74.3 cm³/mol. The first-order valence-electron chi connectivity index (χ1n) is 6.63. The molecule has 1 aliphatic heterocycles. The van der Waals surface area contributed by atoms with E-state index in [4.69, 9.17) is 14.2 Å². The Kier molecular flexibility index (Phi) is 4.01. The lowest BCUT2D eigenvalue weighted by Gasteiger charge is -2.21. The van der Waals surface area contributed by atoms with Gasteiger partial charge in [-0.3, -0.25) is 5.32 Å². The van der Waals surface area contributed by atoms with Gasteiger partial charge in [-0.2, -0.15) is 0 Å². The molecule has 0 saturated carbocycles. The predicted octanol–water partition coefficient (Wildman–Crippen LogP) is 2.98. The summed E-state index contributed by atoms with van der Waals surface area (Å²) in [5.74, 6) is 0.839. The molecule has 0 spiro atoms. The number of fused-ring (bicyclic) bond motifs is 1. The van der Waals surface area contributed by atoms with E-state index in [2.05, 4.69) is 10.3 Å². The fraction of sp³-hybridized carbons (Fsp3) is 0.571. The van der Waals surface area contributed by atoms with Crippen molar-refractivity contribution in [3.63, 3.8) is 0 Å². The van der Waals surface area contributed by atoms with Gasteiger partial charge in [0.2, 0.25) is 5.75 Å². The van der Waals surface area contributed by atoms with Crippen LogP contribution in [0.3, 0.4) is 0 Å². The fourth-order valence-corrected chi connectivity index (χ4v) is 1.74. The Morgan fingerprint density at radius 2 is 2.25 bits per heavy atom. The molecule has 0 unspecified atom stereocenters. The van der Waals surface area contributed by atoms with Gasteiger partial charge in [-0.05, 0) is 33.8 Å². The van der Waals surface area contributed by atoms with E-state index >= 15 is 0 Å². The fourth-order valence-electron chi connectivity index (χ4n) is 1.74. The van der Waals surface area contributed by atoms with Crippen LogP contribution in [0, 0.1) is 0 Å². The smallest absolute Gasteiger partial charge is 0.412 e. The van der Waals surface area contributed by atoms with E-state index in [-0.39, 0.29) is 6.10 Å². The van der Waals surface area contributed by atoms with Gasteiger partial charge < -0.3 is 14.2 Å². The number of amides is 1. The van der Waals surface area contributed by atoms with E-state index in [1.165, 1.54) is 0 Å². The minimum Gasteiger partial charge on any atom is -0.483 e. The van der Waals surface area contributed by atoms with Crippen LogP contribution in [0.25, 0.3) is 0 Å². The number of anilines is 1. The van der Waals surface area contributed by atoms with Crippen LogP contribution in [0.2, 0.25) is 0 Å². The van der Waals surface area contributed by atoms with Crippen molar-refractivity contribution in [2.45, 2.75) is 45.8 Å². The number of carbonyl (C=O) groups is 1. The highest BCUT2D eigenvalue weighted by atomic mass is 16.6. The van der Waals surface area contributed by atoms with Gasteiger partial charge in [-0.1, -0.05) is 0 Å². The average molecular weight is 280 g/mol. The highest BCUT2D eigenvalue weighted by Crippen LogP contribution is 2.36. The van der Waals surface area contributed by atoms with Crippen LogP contribution in [0.15, 0.2) is 12.3 Å². The average Bonchev–Trinajstić information content (AvgIpc) is 2.48. The van der Waals surface area contributed by atoms with E-state index in [9.17, 15) is 4.79 Å². The van der Waals surface area contributed by atoms with Crippen molar-refractivity contribution in [3.8, 4) is 11.6 Å². The van der Waals surface area contributed by atoms with Crippen LogP contribution < -0.4 is 14.8 Å². The number of pyridine rings is 1. The Labute approximate surface area is 118 Å². The Bertz CT molecular complexity index is 496. The second kappa shape index (κ2) is 5.56. The van der Waals surface area contributed by atoms with Crippen LogP contribution in [0.5, 0.6) is 11.6 Å². The van der Waals surface area contributed by atoms with Crippen molar-refractivity contribution >= 4 is 11.8 Å². The lowest BCUT2D eigenvalue weighted by Crippen LogP contribution is -2.27. The summed E-state index contributed by atoms with van der Waals surface area (Å²) < 4.78 is 16.5. The van der Waals surface area contributed by atoms with E-state index in [0.717, 1.165) is 6.42 Å². The summed E-state index contributed by atoms with van der Waals surface area (Å²) >= 11 is 0. The monoisotopic (exact) mass is 280 g/mol. The SMILES string of the molecule is C[C@@H]1CCOc2nccc(NC(=O)OC(C)(C)C)c2O1. The number of nitrogens with zero attached hydrogens (tertiary/aromatic N) is 1. The van der Waals surface area contributed by atoms with Crippen LogP contribution in [-0.4, -0.2) is 29.4 Å². The molecule has 1 aromatic heterocycles. The standard InChI is InChI=1S/C14H20N2O4/c1-9-6-8-18-12-11(19-9)10(5-7-15-12)16-13(17)20-14(2,3)4/h5,7,9H,6,8H2,1-4H3,(H,15,16,17)/t9-/m1/s1. The largest absolute Gasteiger partial charge is 0.483 e. The summed E-state index contributed by atoms with van der Waals surface area (Å²) in [7, 11) is 0. The molecule has 0 bridgehead atoms. The number of nitrogens with one attached hydrogen (secondary N) is 1. The number of hydrogen-bond donors (Lipinski definition) is 1. The minimum absolute atomic E-state index is 0.000337. The second-order valence-electron chi connectivity index (χ2n) is 5.69. The van der Waals surface area contributed by atoms with Gasteiger partial charge in [0, 0.05) is 12.6 Å². The summed E-state index contributed by atoms with van der Waals surface area (Å²) in [4.78, 5) is 15.9. The number of carbonyl (C=O) groups excluding carboxylic acids is 1. The molecule has 1 N–H and O–H groups in total. The summed E-state index contributed by atoms with van der Waals surface area (Å²) in [6.45, 7) is 7.91. The highest BCUT2D eigenvalue weighted by molar-refractivity contribution is 5.87. The Balaban J connectivity index is 2.18. The Morgan fingerprint density at radius 1 is 1.50 bits per heavy atom. The molecule has 6 nitrogen and oxygen atoms in total. The van der Waals surface area contributed by atoms with E-state index in [1.54, 1.807) is 33.0 Å².